The number of anilines is 2. The Kier molecular flexibility index (Phi) is 2.57. The van der Waals surface area contributed by atoms with Crippen LogP contribution in [0.1, 0.15) is 5.56 Å². The number of nitrogens with zero attached hydrogens (tertiary/aromatic N) is 3. The number of aromatic nitrogens is 4. The zero-order valence-corrected chi connectivity index (χ0v) is 11.5. The number of benzene rings is 2. The Hall–Kier alpha value is -2.95. The Bertz CT molecular complexity index is 942. The molecule has 5 nitrogen and oxygen atoms in total. The second-order valence-corrected chi connectivity index (χ2v) is 5.04. The minimum absolute atomic E-state index is 0.808. The van der Waals surface area contributed by atoms with Gasteiger partial charge < -0.3 is 5.32 Å². The minimum atomic E-state index is 0.808. The summed E-state index contributed by atoms with van der Waals surface area (Å²) in [7, 11) is 0. The number of aryl methyl sites for hydroxylation is 1. The Morgan fingerprint density at radius 1 is 1.05 bits per heavy atom. The summed E-state index contributed by atoms with van der Waals surface area (Å²) in [6.07, 6.45) is 3.39. The summed E-state index contributed by atoms with van der Waals surface area (Å²) in [6, 6.07) is 12.2. The molecule has 5 heteroatoms. The molecule has 4 rings (SSSR count). The molecule has 0 aliphatic heterocycles. The fourth-order valence-corrected chi connectivity index (χ4v) is 2.42. The highest BCUT2D eigenvalue weighted by molar-refractivity contribution is 5.92. The average Bonchev–Trinajstić information content (AvgIpc) is 2.95. The number of rotatable bonds is 2. The third-order valence-corrected chi connectivity index (χ3v) is 3.49. The van der Waals surface area contributed by atoms with Gasteiger partial charge >= 0.3 is 0 Å². The molecular weight excluding hydrogens is 262 g/mol. The van der Waals surface area contributed by atoms with E-state index in [4.69, 9.17) is 0 Å². The van der Waals surface area contributed by atoms with Gasteiger partial charge in [-0.1, -0.05) is 6.07 Å². The summed E-state index contributed by atoms with van der Waals surface area (Å²) in [5.41, 5.74) is 4.12. The van der Waals surface area contributed by atoms with Crippen LogP contribution in [0, 0.1) is 6.92 Å². The molecule has 102 valence electrons. The minimum Gasteiger partial charge on any atom is -0.340 e. The second kappa shape index (κ2) is 4.56. The van der Waals surface area contributed by atoms with E-state index in [0.29, 0.717) is 0 Å². The monoisotopic (exact) mass is 275 g/mol. The smallest absolute Gasteiger partial charge is 0.141 e. The molecule has 0 amide bonds. The Morgan fingerprint density at radius 3 is 2.95 bits per heavy atom. The first-order valence-electron chi connectivity index (χ1n) is 6.71. The molecule has 4 aromatic rings. The number of fused-ring (bicyclic) bond motifs is 2. The molecule has 0 saturated carbocycles. The molecule has 2 aromatic carbocycles. The van der Waals surface area contributed by atoms with Gasteiger partial charge in [0.15, 0.2) is 0 Å². The van der Waals surface area contributed by atoms with Crippen LogP contribution in [0.3, 0.4) is 0 Å². The number of nitrogens with one attached hydrogen (secondary N) is 2. The number of hydrogen-bond acceptors (Lipinski definition) is 4. The Balaban J connectivity index is 1.79. The fraction of sp³-hybridized carbons (Fsp3) is 0.0625. The molecule has 21 heavy (non-hydrogen) atoms. The first kappa shape index (κ1) is 11.8. The van der Waals surface area contributed by atoms with Crippen molar-refractivity contribution in [3.8, 4) is 0 Å². The maximum atomic E-state index is 4.35. The lowest BCUT2D eigenvalue weighted by Crippen LogP contribution is -1.96. The molecule has 0 saturated heterocycles. The lowest BCUT2D eigenvalue weighted by Gasteiger charge is -2.08. The largest absolute Gasteiger partial charge is 0.340 e. The van der Waals surface area contributed by atoms with Gasteiger partial charge in [0.25, 0.3) is 0 Å². The van der Waals surface area contributed by atoms with E-state index in [2.05, 4.69) is 44.5 Å². The summed E-state index contributed by atoms with van der Waals surface area (Å²) < 4.78 is 0. The number of hydrogen-bond donors (Lipinski definition) is 2. The average molecular weight is 275 g/mol. The molecule has 0 atom stereocenters. The molecule has 0 aliphatic carbocycles. The van der Waals surface area contributed by atoms with Gasteiger partial charge in [0.05, 0.1) is 17.2 Å². The van der Waals surface area contributed by atoms with Crippen LogP contribution >= 0.6 is 0 Å². The first-order valence-corrected chi connectivity index (χ1v) is 6.71. The van der Waals surface area contributed by atoms with Gasteiger partial charge in [0.1, 0.15) is 12.1 Å². The van der Waals surface area contributed by atoms with Gasteiger partial charge in [-0.25, -0.2) is 9.97 Å². The van der Waals surface area contributed by atoms with E-state index in [-0.39, 0.29) is 0 Å². The van der Waals surface area contributed by atoms with Gasteiger partial charge in [-0.3, -0.25) is 5.10 Å². The van der Waals surface area contributed by atoms with Gasteiger partial charge in [0.2, 0.25) is 0 Å². The lowest BCUT2D eigenvalue weighted by molar-refractivity contribution is 1.12. The second-order valence-electron chi connectivity index (χ2n) is 5.04. The third-order valence-electron chi connectivity index (χ3n) is 3.49. The SMILES string of the molecule is Cc1ccc2c(Nc3ccc4[nH]ncc4c3)ncnc2c1. The van der Waals surface area contributed by atoms with Crippen LogP contribution in [0.4, 0.5) is 11.5 Å². The van der Waals surface area contributed by atoms with Crippen molar-refractivity contribution in [1.29, 1.82) is 0 Å². The van der Waals surface area contributed by atoms with Crippen molar-refractivity contribution in [3.63, 3.8) is 0 Å². The van der Waals surface area contributed by atoms with Gasteiger partial charge in [-0.05, 0) is 42.8 Å². The van der Waals surface area contributed by atoms with Crippen molar-refractivity contribution in [3.05, 3.63) is 54.5 Å². The third kappa shape index (κ3) is 2.08. The number of H-pyrrole nitrogens is 1. The molecule has 0 spiro atoms. The summed E-state index contributed by atoms with van der Waals surface area (Å²) in [6.45, 7) is 2.06. The molecule has 0 unspecified atom stereocenters. The summed E-state index contributed by atoms with van der Waals surface area (Å²) in [4.78, 5) is 8.67. The van der Waals surface area contributed by atoms with E-state index in [1.807, 2.05) is 30.5 Å². The first-order chi connectivity index (χ1) is 10.3. The van der Waals surface area contributed by atoms with Crippen molar-refractivity contribution in [2.75, 3.05) is 5.32 Å². The zero-order valence-electron chi connectivity index (χ0n) is 11.5. The molecule has 0 bridgehead atoms. The molecular formula is C16H13N5. The lowest BCUT2D eigenvalue weighted by atomic mass is 10.1. The highest BCUT2D eigenvalue weighted by Gasteiger charge is 2.05. The molecule has 0 radical (unpaired) electrons. The van der Waals surface area contributed by atoms with Crippen LogP contribution in [0.15, 0.2) is 48.9 Å². The fourth-order valence-electron chi connectivity index (χ4n) is 2.42. The predicted octanol–water partition coefficient (Wildman–Crippen LogP) is 3.56. The predicted molar refractivity (Wildman–Crippen MR) is 83.7 cm³/mol. The van der Waals surface area contributed by atoms with E-state index >= 15 is 0 Å². The van der Waals surface area contributed by atoms with Crippen LogP contribution in [0.5, 0.6) is 0 Å². The van der Waals surface area contributed by atoms with Crippen LogP contribution < -0.4 is 5.32 Å². The summed E-state index contributed by atoms with van der Waals surface area (Å²) in [5, 5.41) is 12.4. The van der Waals surface area contributed by atoms with E-state index in [9.17, 15) is 0 Å². The number of aromatic amines is 1. The highest BCUT2D eigenvalue weighted by Crippen LogP contribution is 2.25. The normalized spacial score (nSPS) is 11.1. The van der Waals surface area contributed by atoms with Crippen LogP contribution in [0.25, 0.3) is 21.8 Å². The molecule has 0 aliphatic rings. The van der Waals surface area contributed by atoms with Gasteiger partial charge in [-0.15, -0.1) is 0 Å². The molecule has 0 fully saturated rings. The van der Waals surface area contributed by atoms with E-state index in [1.54, 1.807) is 6.33 Å². The van der Waals surface area contributed by atoms with Crippen LogP contribution in [-0.2, 0) is 0 Å². The van der Waals surface area contributed by atoms with E-state index < -0.39 is 0 Å². The van der Waals surface area contributed by atoms with E-state index in [0.717, 1.165) is 33.3 Å². The van der Waals surface area contributed by atoms with Crippen LogP contribution in [-0.4, -0.2) is 20.2 Å². The van der Waals surface area contributed by atoms with Gasteiger partial charge in [0, 0.05) is 16.5 Å². The van der Waals surface area contributed by atoms with Crippen molar-refractivity contribution in [2.45, 2.75) is 6.92 Å². The van der Waals surface area contributed by atoms with Crippen molar-refractivity contribution in [2.24, 2.45) is 0 Å². The zero-order chi connectivity index (χ0) is 14.2. The van der Waals surface area contributed by atoms with Crippen molar-refractivity contribution in [1.82, 2.24) is 20.2 Å². The quantitative estimate of drug-likeness (QED) is 0.587. The van der Waals surface area contributed by atoms with Gasteiger partial charge in [-0.2, -0.15) is 5.10 Å². The van der Waals surface area contributed by atoms with Crippen molar-refractivity contribution < 1.29 is 0 Å². The maximum Gasteiger partial charge on any atom is 0.141 e. The van der Waals surface area contributed by atoms with Crippen molar-refractivity contribution >= 4 is 33.3 Å². The summed E-state index contributed by atoms with van der Waals surface area (Å²) in [5.74, 6) is 0.808. The van der Waals surface area contributed by atoms with E-state index in [1.165, 1.54) is 5.56 Å². The Labute approximate surface area is 121 Å². The molecule has 2 N–H and O–H groups in total. The molecule has 2 aromatic heterocycles. The summed E-state index contributed by atoms with van der Waals surface area (Å²) >= 11 is 0. The highest BCUT2D eigenvalue weighted by atomic mass is 15.1. The molecule has 2 heterocycles. The van der Waals surface area contributed by atoms with Crippen LogP contribution in [0.2, 0.25) is 0 Å². The topological polar surface area (TPSA) is 66.5 Å². The maximum absolute atomic E-state index is 4.35. The Morgan fingerprint density at radius 2 is 2.00 bits per heavy atom. The standard InChI is InChI=1S/C16H13N5/c1-10-2-4-13-15(6-10)17-9-18-16(13)20-12-3-5-14-11(7-12)8-19-21-14/h2-9H,1H3,(H,19,21)(H,17,18,20).